The van der Waals surface area contributed by atoms with E-state index in [0.717, 1.165) is 6.42 Å². The van der Waals surface area contributed by atoms with E-state index < -0.39 is 0 Å². The van der Waals surface area contributed by atoms with Crippen LogP contribution in [-0.4, -0.2) is 6.04 Å². The third-order valence-electron chi connectivity index (χ3n) is 3.40. The van der Waals surface area contributed by atoms with Gasteiger partial charge in [0.2, 0.25) is 0 Å². The third-order valence-corrected chi connectivity index (χ3v) is 3.40. The van der Waals surface area contributed by atoms with Crippen LogP contribution in [0.1, 0.15) is 43.2 Å². The summed E-state index contributed by atoms with van der Waals surface area (Å²) in [6.07, 6.45) is 4.89. The lowest BCUT2D eigenvalue weighted by molar-refractivity contribution is 0.453. The van der Waals surface area contributed by atoms with Gasteiger partial charge in [-0.05, 0) is 42.7 Å². The number of rotatable bonds is 2. The molecule has 1 unspecified atom stereocenters. The highest BCUT2D eigenvalue weighted by Crippen LogP contribution is 2.33. The highest BCUT2D eigenvalue weighted by molar-refractivity contribution is 5.33. The minimum Gasteiger partial charge on any atom is -0.327 e. The fraction of sp³-hybridized carbons (Fsp3) is 0.538. The second kappa shape index (κ2) is 4.14. The molecule has 76 valence electrons. The average Bonchev–Trinajstić information content (AvgIpc) is 2.27. The zero-order valence-corrected chi connectivity index (χ0v) is 8.87. The van der Waals surface area contributed by atoms with Crippen LogP contribution in [0.3, 0.4) is 0 Å². The first-order valence-corrected chi connectivity index (χ1v) is 5.66. The summed E-state index contributed by atoms with van der Waals surface area (Å²) in [5, 5.41) is 0. The number of aryl methyl sites for hydroxylation is 1. The van der Waals surface area contributed by atoms with Crippen molar-refractivity contribution in [1.82, 2.24) is 0 Å². The monoisotopic (exact) mass is 189 g/mol. The van der Waals surface area contributed by atoms with Crippen molar-refractivity contribution in [3.8, 4) is 0 Å². The van der Waals surface area contributed by atoms with E-state index in [9.17, 15) is 0 Å². The first-order valence-electron chi connectivity index (χ1n) is 5.66. The summed E-state index contributed by atoms with van der Waals surface area (Å²) in [4.78, 5) is 0. The van der Waals surface area contributed by atoms with E-state index in [1.54, 1.807) is 0 Å². The highest BCUT2D eigenvalue weighted by atomic mass is 14.6. The van der Waals surface area contributed by atoms with Crippen LogP contribution in [0.15, 0.2) is 24.3 Å². The van der Waals surface area contributed by atoms with Crippen molar-refractivity contribution in [2.75, 3.05) is 0 Å². The molecule has 14 heavy (non-hydrogen) atoms. The molecule has 0 saturated heterocycles. The topological polar surface area (TPSA) is 26.0 Å². The number of fused-ring (bicyclic) bond motifs is 1. The normalized spacial score (nSPS) is 22.9. The Morgan fingerprint density at radius 2 is 2.21 bits per heavy atom. The van der Waals surface area contributed by atoms with E-state index in [4.69, 9.17) is 5.73 Å². The van der Waals surface area contributed by atoms with E-state index in [2.05, 4.69) is 31.2 Å². The standard InChI is InChI=1S/C13H19N/c1-2-13(14)12-9-5-7-10-6-3-4-8-11(10)12/h3-4,6,8,12-13H,2,5,7,9,14H2,1H3/t12?,13-/m1/s1. The van der Waals surface area contributed by atoms with Crippen molar-refractivity contribution in [1.29, 1.82) is 0 Å². The predicted octanol–water partition coefficient (Wildman–Crippen LogP) is 2.84. The summed E-state index contributed by atoms with van der Waals surface area (Å²) in [5.74, 6) is 0.602. The average molecular weight is 189 g/mol. The van der Waals surface area contributed by atoms with Gasteiger partial charge in [-0.25, -0.2) is 0 Å². The van der Waals surface area contributed by atoms with Gasteiger partial charge in [0.05, 0.1) is 0 Å². The molecule has 1 aliphatic carbocycles. The van der Waals surface area contributed by atoms with Gasteiger partial charge in [0.15, 0.2) is 0 Å². The number of hydrogen-bond donors (Lipinski definition) is 1. The van der Waals surface area contributed by atoms with E-state index in [0.29, 0.717) is 12.0 Å². The van der Waals surface area contributed by atoms with Crippen LogP contribution in [0.25, 0.3) is 0 Å². The van der Waals surface area contributed by atoms with Crippen LogP contribution in [0, 0.1) is 0 Å². The fourth-order valence-electron chi connectivity index (χ4n) is 2.52. The molecule has 1 heteroatoms. The van der Waals surface area contributed by atoms with Crippen LogP contribution >= 0.6 is 0 Å². The maximum absolute atomic E-state index is 6.16. The summed E-state index contributed by atoms with van der Waals surface area (Å²) in [6, 6.07) is 9.13. The molecule has 1 aliphatic rings. The van der Waals surface area contributed by atoms with Crippen molar-refractivity contribution in [3.63, 3.8) is 0 Å². The summed E-state index contributed by atoms with van der Waals surface area (Å²) >= 11 is 0. The zero-order valence-electron chi connectivity index (χ0n) is 8.87. The van der Waals surface area contributed by atoms with Crippen molar-refractivity contribution < 1.29 is 0 Å². The van der Waals surface area contributed by atoms with Crippen LogP contribution in [-0.2, 0) is 6.42 Å². The molecule has 1 aromatic rings. The second-order valence-corrected chi connectivity index (χ2v) is 4.27. The minimum atomic E-state index is 0.344. The number of hydrogen-bond acceptors (Lipinski definition) is 1. The molecule has 2 rings (SSSR count). The van der Waals surface area contributed by atoms with Gasteiger partial charge < -0.3 is 5.73 Å². The summed E-state index contributed by atoms with van der Waals surface area (Å²) in [7, 11) is 0. The van der Waals surface area contributed by atoms with Gasteiger partial charge in [-0.3, -0.25) is 0 Å². The molecule has 0 aromatic heterocycles. The maximum Gasteiger partial charge on any atom is 0.0105 e. The largest absolute Gasteiger partial charge is 0.327 e. The molecular weight excluding hydrogens is 170 g/mol. The van der Waals surface area contributed by atoms with Gasteiger partial charge in [-0.1, -0.05) is 31.2 Å². The molecule has 1 nitrogen and oxygen atoms in total. The summed E-state index contributed by atoms with van der Waals surface area (Å²) < 4.78 is 0. The Hall–Kier alpha value is -0.820. The molecule has 0 fully saturated rings. The first kappa shape index (κ1) is 9.72. The van der Waals surface area contributed by atoms with Gasteiger partial charge in [-0.2, -0.15) is 0 Å². The first-order chi connectivity index (χ1) is 6.83. The molecule has 0 heterocycles. The Morgan fingerprint density at radius 1 is 1.43 bits per heavy atom. The predicted molar refractivity (Wildman–Crippen MR) is 60.4 cm³/mol. The minimum absolute atomic E-state index is 0.344. The molecule has 0 spiro atoms. The van der Waals surface area contributed by atoms with Crippen molar-refractivity contribution in [2.45, 2.75) is 44.6 Å². The van der Waals surface area contributed by atoms with Gasteiger partial charge in [0, 0.05) is 6.04 Å². The van der Waals surface area contributed by atoms with Gasteiger partial charge >= 0.3 is 0 Å². The fourth-order valence-corrected chi connectivity index (χ4v) is 2.52. The molecule has 0 amide bonds. The molecule has 2 N–H and O–H groups in total. The van der Waals surface area contributed by atoms with E-state index in [1.807, 2.05) is 0 Å². The summed E-state index contributed by atoms with van der Waals surface area (Å²) in [5.41, 5.74) is 9.19. The molecule has 0 saturated carbocycles. The molecule has 1 aromatic carbocycles. The Bertz CT molecular complexity index is 306. The van der Waals surface area contributed by atoms with Crippen LogP contribution < -0.4 is 5.73 Å². The highest BCUT2D eigenvalue weighted by Gasteiger charge is 2.23. The third kappa shape index (κ3) is 1.69. The van der Waals surface area contributed by atoms with Gasteiger partial charge in [0.25, 0.3) is 0 Å². The molecule has 0 bridgehead atoms. The zero-order chi connectivity index (χ0) is 9.97. The lowest BCUT2D eigenvalue weighted by Gasteiger charge is -2.29. The maximum atomic E-state index is 6.16. The Balaban J connectivity index is 2.30. The van der Waals surface area contributed by atoms with E-state index >= 15 is 0 Å². The summed E-state index contributed by atoms with van der Waals surface area (Å²) in [6.45, 7) is 2.18. The smallest absolute Gasteiger partial charge is 0.0105 e. The van der Waals surface area contributed by atoms with Gasteiger partial charge in [0.1, 0.15) is 0 Å². The second-order valence-electron chi connectivity index (χ2n) is 4.27. The van der Waals surface area contributed by atoms with Crippen LogP contribution in [0.4, 0.5) is 0 Å². The van der Waals surface area contributed by atoms with E-state index in [-0.39, 0.29) is 0 Å². The van der Waals surface area contributed by atoms with Crippen LogP contribution in [0.5, 0.6) is 0 Å². The Labute approximate surface area is 86.3 Å². The van der Waals surface area contributed by atoms with Crippen molar-refractivity contribution in [3.05, 3.63) is 35.4 Å². The lowest BCUT2D eigenvalue weighted by Crippen LogP contribution is -2.30. The van der Waals surface area contributed by atoms with Crippen molar-refractivity contribution >= 4 is 0 Å². The molecule has 2 atom stereocenters. The molecular formula is C13H19N. The number of nitrogens with two attached hydrogens (primary N) is 1. The molecule has 0 aliphatic heterocycles. The Morgan fingerprint density at radius 3 is 3.00 bits per heavy atom. The lowest BCUT2D eigenvalue weighted by atomic mass is 9.78. The van der Waals surface area contributed by atoms with Crippen molar-refractivity contribution in [2.24, 2.45) is 5.73 Å². The quantitative estimate of drug-likeness (QED) is 0.760. The molecule has 0 radical (unpaired) electrons. The Kier molecular flexibility index (Phi) is 2.87. The van der Waals surface area contributed by atoms with Crippen LogP contribution in [0.2, 0.25) is 0 Å². The number of benzene rings is 1. The SMILES string of the molecule is CC[C@@H](N)C1CCCc2ccccc21. The van der Waals surface area contributed by atoms with Gasteiger partial charge in [-0.15, -0.1) is 0 Å². The van der Waals surface area contributed by atoms with E-state index in [1.165, 1.54) is 30.4 Å².